The summed E-state index contributed by atoms with van der Waals surface area (Å²) in [5, 5.41) is 0.215. The van der Waals surface area contributed by atoms with E-state index < -0.39 is 11.4 Å². The van der Waals surface area contributed by atoms with E-state index in [2.05, 4.69) is 4.72 Å². The molecule has 9 heavy (non-hydrogen) atoms. The molecule has 0 spiro atoms. The molecule has 0 radical (unpaired) electrons. The van der Waals surface area contributed by atoms with Crippen LogP contribution in [-0.2, 0) is 11.4 Å². The third-order valence-electron chi connectivity index (χ3n) is 0.780. The van der Waals surface area contributed by atoms with Crippen molar-refractivity contribution < 1.29 is 4.55 Å². The summed E-state index contributed by atoms with van der Waals surface area (Å²) in [4.78, 5) is 0. The molecule has 0 aliphatic rings. The van der Waals surface area contributed by atoms with Gasteiger partial charge < -0.3 is 4.55 Å². The van der Waals surface area contributed by atoms with Crippen LogP contribution in [0, 0.1) is 0 Å². The Morgan fingerprint density at radius 2 is 1.67 bits per heavy atom. The largest absolute Gasteiger partial charge is 0.598 e. The summed E-state index contributed by atoms with van der Waals surface area (Å²) in [5.41, 5.74) is 0. The Balaban J connectivity index is 3.38. The molecule has 2 nitrogen and oxygen atoms in total. The number of hydrogen-bond acceptors (Lipinski definition) is 2. The Hall–Kier alpha value is 0.270. The summed E-state index contributed by atoms with van der Waals surface area (Å²) in [6.07, 6.45) is 0. The van der Waals surface area contributed by atoms with Crippen molar-refractivity contribution in [3.8, 4) is 0 Å². The molecule has 0 saturated heterocycles. The second kappa shape index (κ2) is 4.14. The molecule has 0 aliphatic carbocycles. The van der Waals surface area contributed by atoms with Gasteiger partial charge in [-0.3, -0.25) is 0 Å². The molecule has 1 atom stereocenters. The first-order chi connectivity index (χ1) is 4.04. The minimum absolute atomic E-state index is 0.215. The highest BCUT2D eigenvalue weighted by atomic mass is 32.2. The van der Waals surface area contributed by atoms with E-state index in [9.17, 15) is 4.55 Å². The molecule has 0 aromatic heterocycles. The molecule has 0 bridgehead atoms. The Kier molecular flexibility index (Phi) is 4.27. The lowest BCUT2D eigenvalue weighted by Crippen LogP contribution is -2.35. The topological polar surface area (TPSA) is 35.1 Å². The zero-order chi connectivity index (χ0) is 7.44. The molecule has 1 N–H and O–H groups in total. The van der Waals surface area contributed by atoms with Crippen molar-refractivity contribution in [3.05, 3.63) is 0 Å². The van der Waals surface area contributed by atoms with E-state index in [1.54, 1.807) is 0 Å². The minimum Gasteiger partial charge on any atom is -0.598 e. The maximum Gasteiger partial charge on any atom is 0.129 e. The third-order valence-corrected chi connectivity index (χ3v) is 2.34. The maximum atomic E-state index is 11.0. The average molecular weight is 149 g/mol. The first-order valence-electron chi connectivity index (χ1n) is 3.20. The fraction of sp³-hybridized carbons (Fsp3) is 1.00. The molecular formula is C6H15NOS. The lowest BCUT2D eigenvalue weighted by molar-refractivity contribution is 0.560. The van der Waals surface area contributed by atoms with E-state index in [4.69, 9.17) is 0 Å². The highest BCUT2D eigenvalue weighted by Crippen LogP contribution is 1.96. The molecule has 0 saturated carbocycles. The van der Waals surface area contributed by atoms with Crippen LogP contribution in [0.4, 0.5) is 0 Å². The fourth-order valence-corrected chi connectivity index (χ4v) is 1.11. The van der Waals surface area contributed by atoms with Crippen LogP contribution in [0.2, 0.25) is 0 Å². The van der Waals surface area contributed by atoms with E-state index in [1.165, 1.54) is 0 Å². The molecule has 1 unspecified atom stereocenters. The van der Waals surface area contributed by atoms with Crippen molar-refractivity contribution in [2.24, 2.45) is 0 Å². The lowest BCUT2D eigenvalue weighted by atomic mass is 10.4. The van der Waals surface area contributed by atoms with Gasteiger partial charge in [-0.2, -0.15) is 0 Å². The zero-order valence-electron chi connectivity index (χ0n) is 6.47. The Morgan fingerprint density at radius 3 is 1.78 bits per heavy atom. The van der Waals surface area contributed by atoms with Gasteiger partial charge in [-0.05, 0) is 27.7 Å². The molecule has 0 fully saturated rings. The zero-order valence-corrected chi connectivity index (χ0v) is 7.29. The van der Waals surface area contributed by atoms with Gasteiger partial charge in [0.25, 0.3) is 0 Å². The lowest BCUT2D eigenvalue weighted by Gasteiger charge is -2.16. The molecule has 0 heterocycles. The van der Waals surface area contributed by atoms with Gasteiger partial charge in [-0.1, -0.05) is 0 Å². The van der Waals surface area contributed by atoms with Crippen LogP contribution in [0.1, 0.15) is 27.7 Å². The third kappa shape index (κ3) is 4.75. The monoisotopic (exact) mass is 149 g/mol. The van der Waals surface area contributed by atoms with Gasteiger partial charge in [-0.25, -0.2) is 0 Å². The molecule has 0 aromatic carbocycles. The highest BCUT2D eigenvalue weighted by Gasteiger charge is 2.11. The van der Waals surface area contributed by atoms with Crippen molar-refractivity contribution >= 4 is 11.4 Å². The average Bonchev–Trinajstić information content (AvgIpc) is 1.63. The predicted octanol–water partition coefficient (Wildman–Crippen LogP) is 1.06. The van der Waals surface area contributed by atoms with Gasteiger partial charge in [0.2, 0.25) is 0 Å². The minimum atomic E-state index is -0.852. The van der Waals surface area contributed by atoms with Crippen molar-refractivity contribution in [1.82, 2.24) is 4.72 Å². The van der Waals surface area contributed by atoms with Crippen LogP contribution >= 0.6 is 0 Å². The van der Waals surface area contributed by atoms with Crippen LogP contribution in [0.25, 0.3) is 0 Å². The Morgan fingerprint density at radius 1 is 1.22 bits per heavy atom. The molecule has 0 aliphatic heterocycles. The van der Waals surface area contributed by atoms with Crippen LogP contribution < -0.4 is 4.72 Å². The van der Waals surface area contributed by atoms with Crippen molar-refractivity contribution in [1.29, 1.82) is 0 Å². The van der Waals surface area contributed by atoms with Crippen LogP contribution in [-0.4, -0.2) is 15.8 Å². The molecule has 3 heteroatoms. The van der Waals surface area contributed by atoms with Crippen molar-refractivity contribution in [3.63, 3.8) is 0 Å². The maximum absolute atomic E-state index is 11.0. The number of hydrogen-bond donors (Lipinski definition) is 1. The smallest absolute Gasteiger partial charge is 0.129 e. The first kappa shape index (κ1) is 9.27. The Labute approximate surface area is 60.3 Å². The Bertz CT molecular complexity index is 75.5. The van der Waals surface area contributed by atoms with Crippen LogP contribution in [0.15, 0.2) is 0 Å². The van der Waals surface area contributed by atoms with Gasteiger partial charge >= 0.3 is 0 Å². The van der Waals surface area contributed by atoms with E-state index in [0.29, 0.717) is 6.04 Å². The summed E-state index contributed by atoms with van der Waals surface area (Å²) in [6, 6.07) is 0.313. The molecule has 0 rings (SSSR count). The molecule has 0 aromatic rings. The van der Waals surface area contributed by atoms with Gasteiger partial charge in [0.15, 0.2) is 0 Å². The second-order valence-electron chi connectivity index (χ2n) is 2.62. The summed E-state index contributed by atoms with van der Waals surface area (Å²) < 4.78 is 13.9. The van der Waals surface area contributed by atoms with E-state index in [1.807, 2.05) is 27.7 Å². The second-order valence-corrected chi connectivity index (χ2v) is 4.39. The van der Waals surface area contributed by atoms with Gasteiger partial charge in [0.05, 0.1) is 0 Å². The van der Waals surface area contributed by atoms with E-state index >= 15 is 0 Å². The highest BCUT2D eigenvalue weighted by molar-refractivity contribution is 7.90. The number of rotatable bonds is 3. The first-order valence-corrected chi connectivity index (χ1v) is 4.42. The summed E-state index contributed by atoms with van der Waals surface area (Å²) in [6.45, 7) is 7.84. The van der Waals surface area contributed by atoms with E-state index in [-0.39, 0.29) is 5.25 Å². The molecular weight excluding hydrogens is 134 g/mol. The summed E-state index contributed by atoms with van der Waals surface area (Å²) >= 11 is -0.852. The van der Waals surface area contributed by atoms with Crippen molar-refractivity contribution in [2.45, 2.75) is 39.0 Å². The SMILES string of the molecule is CC(C)N[S+]([O-])C(C)C. The normalized spacial score (nSPS) is 15.0. The quantitative estimate of drug-likeness (QED) is 0.609. The fourth-order valence-electron chi connectivity index (χ4n) is 0.368. The molecule has 56 valence electrons. The number of nitrogens with one attached hydrogen (secondary N) is 1. The van der Waals surface area contributed by atoms with Gasteiger partial charge in [0, 0.05) is 17.4 Å². The summed E-state index contributed by atoms with van der Waals surface area (Å²) in [5.74, 6) is 0. The standard InChI is InChI=1S/C6H15NOS/c1-5(2)7-9(8)6(3)4/h5-7H,1-4H3. The van der Waals surface area contributed by atoms with E-state index in [0.717, 1.165) is 0 Å². The molecule has 0 amide bonds. The van der Waals surface area contributed by atoms with Crippen LogP contribution in [0.5, 0.6) is 0 Å². The van der Waals surface area contributed by atoms with Crippen molar-refractivity contribution in [2.75, 3.05) is 0 Å². The summed E-state index contributed by atoms with van der Waals surface area (Å²) in [7, 11) is 0. The van der Waals surface area contributed by atoms with Gasteiger partial charge in [0.1, 0.15) is 5.25 Å². The predicted molar refractivity (Wildman–Crippen MR) is 41.6 cm³/mol. The van der Waals surface area contributed by atoms with Crippen LogP contribution in [0.3, 0.4) is 0 Å². The van der Waals surface area contributed by atoms with Gasteiger partial charge in [-0.15, -0.1) is 4.72 Å².